The van der Waals surface area contributed by atoms with Gasteiger partial charge in [-0.1, -0.05) is 25.7 Å². The zero-order chi connectivity index (χ0) is 13.1. The van der Waals surface area contributed by atoms with E-state index in [9.17, 15) is 0 Å². The summed E-state index contributed by atoms with van der Waals surface area (Å²) in [6.07, 6.45) is 13.4. The highest BCUT2D eigenvalue weighted by Crippen LogP contribution is 2.32. The normalized spacial score (nSPS) is 17.3. The van der Waals surface area contributed by atoms with Gasteiger partial charge < -0.3 is 10.3 Å². The smallest absolute Gasteiger partial charge is 0.132 e. The zero-order valence-corrected chi connectivity index (χ0v) is 11.1. The third kappa shape index (κ3) is 2.48. The molecule has 4 heteroatoms. The van der Waals surface area contributed by atoms with Crippen molar-refractivity contribution in [1.29, 1.82) is 0 Å². The van der Waals surface area contributed by atoms with Gasteiger partial charge in [0.05, 0.1) is 18.2 Å². The largest absolute Gasteiger partial charge is 0.383 e. The number of hydrogen-bond acceptors (Lipinski definition) is 3. The van der Waals surface area contributed by atoms with E-state index in [4.69, 9.17) is 5.73 Å². The van der Waals surface area contributed by atoms with Crippen molar-refractivity contribution in [2.75, 3.05) is 5.73 Å². The first-order chi connectivity index (χ1) is 9.36. The fourth-order valence-electron chi connectivity index (χ4n) is 2.97. The maximum Gasteiger partial charge on any atom is 0.132 e. The van der Waals surface area contributed by atoms with Crippen LogP contribution in [0.1, 0.15) is 44.6 Å². The summed E-state index contributed by atoms with van der Waals surface area (Å²) in [4.78, 5) is 8.50. The minimum atomic E-state index is 0.555. The maximum atomic E-state index is 5.99. The van der Waals surface area contributed by atoms with Crippen LogP contribution >= 0.6 is 0 Å². The predicted octanol–water partition coefficient (Wildman–Crippen LogP) is 3.42. The van der Waals surface area contributed by atoms with Gasteiger partial charge in [-0.05, 0) is 25.0 Å². The highest BCUT2D eigenvalue weighted by atomic mass is 15.1. The minimum Gasteiger partial charge on any atom is -0.383 e. The lowest BCUT2D eigenvalue weighted by Gasteiger charge is -2.19. The quantitative estimate of drug-likeness (QED) is 0.837. The molecule has 0 spiro atoms. The van der Waals surface area contributed by atoms with Crippen molar-refractivity contribution in [2.24, 2.45) is 0 Å². The second-order valence-corrected chi connectivity index (χ2v) is 5.27. The van der Waals surface area contributed by atoms with Crippen LogP contribution in [0.5, 0.6) is 0 Å². The van der Waals surface area contributed by atoms with Gasteiger partial charge in [0.25, 0.3) is 0 Å². The molecule has 19 heavy (non-hydrogen) atoms. The fourth-order valence-corrected chi connectivity index (χ4v) is 2.97. The van der Waals surface area contributed by atoms with E-state index in [-0.39, 0.29) is 0 Å². The van der Waals surface area contributed by atoms with E-state index in [2.05, 4.69) is 14.5 Å². The topological polar surface area (TPSA) is 56.7 Å². The van der Waals surface area contributed by atoms with Crippen molar-refractivity contribution < 1.29 is 0 Å². The van der Waals surface area contributed by atoms with Gasteiger partial charge in [0.15, 0.2) is 0 Å². The van der Waals surface area contributed by atoms with Gasteiger partial charge in [-0.2, -0.15) is 0 Å². The molecule has 2 aromatic rings. The molecule has 0 radical (unpaired) electrons. The Balaban J connectivity index is 1.96. The average molecular weight is 256 g/mol. The number of nitrogens with zero attached hydrogens (tertiary/aromatic N) is 3. The van der Waals surface area contributed by atoms with Crippen LogP contribution in [0.2, 0.25) is 0 Å². The number of rotatable bonds is 2. The summed E-state index contributed by atoms with van der Waals surface area (Å²) in [7, 11) is 0. The summed E-state index contributed by atoms with van der Waals surface area (Å²) in [5.41, 5.74) is 8.07. The molecule has 2 N–H and O–H groups in total. The Morgan fingerprint density at radius 1 is 1.16 bits per heavy atom. The second-order valence-electron chi connectivity index (χ2n) is 5.27. The molecule has 1 fully saturated rings. The van der Waals surface area contributed by atoms with Crippen LogP contribution in [0, 0.1) is 0 Å². The number of pyridine rings is 1. The third-order valence-electron chi connectivity index (χ3n) is 4.00. The second kappa shape index (κ2) is 5.43. The number of hydrogen-bond donors (Lipinski definition) is 1. The fraction of sp³-hybridized carbons (Fsp3) is 0.467. The Morgan fingerprint density at radius 3 is 2.68 bits per heavy atom. The van der Waals surface area contributed by atoms with Crippen molar-refractivity contribution in [3.05, 3.63) is 30.9 Å². The van der Waals surface area contributed by atoms with Crippen molar-refractivity contribution in [2.45, 2.75) is 44.6 Å². The van der Waals surface area contributed by atoms with Crippen molar-refractivity contribution >= 4 is 5.82 Å². The summed E-state index contributed by atoms with van der Waals surface area (Å²) in [6, 6.07) is 4.50. The number of nitrogens with two attached hydrogens (primary N) is 1. The van der Waals surface area contributed by atoms with E-state index in [1.807, 2.05) is 24.7 Å². The Bertz CT molecular complexity index is 539. The van der Waals surface area contributed by atoms with E-state index < -0.39 is 0 Å². The van der Waals surface area contributed by atoms with Crippen LogP contribution in [0.25, 0.3) is 11.3 Å². The molecule has 0 amide bonds. The molecule has 2 heterocycles. The molecule has 100 valence electrons. The van der Waals surface area contributed by atoms with Gasteiger partial charge in [0, 0.05) is 17.8 Å². The molecule has 0 unspecified atom stereocenters. The van der Waals surface area contributed by atoms with E-state index in [0.29, 0.717) is 11.9 Å². The average Bonchev–Trinajstić information content (AvgIpc) is 2.74. The Hall–Kier alpha value is -1.84. The first-order valence-electron chi connectivity index (χ1n) is 7.09. The summed E-state index contributed by atoms with van der Waals surface area (Å²) in [5.74, 6) is 0.581. The number of anilines is 1. The molecule has 1 aliphatic carbocycles. The van der Waals surface area contributed by atoms with Crippen molar-refractivity contribution in [3.8, 4) is 11.3 Å². The molecule has 2 aromatic heterocycles. The van der Waals surface area contributed by atoms with Gasteiger partial charge >= 0.3 is 0 Å². The highest BCUT2D eigenvalue weighted by molar-refractivity contribution is 5.70. The van der Waals surface area contributed by atoms with Crippen LogP contribution in [0.15, 0.2) is 30.9 Å². The monoisotopic (exact) mass is 256 g/mol. The molecule has 0 bridgehead atoms. The molecule has 4 nitrogen and oxygen atoms in total. The van der Waals surface area contributed by atoms with Crippen molar-refractivity contribution in [1.82, 2.24) is 14.5 Å². The first-order valence-corrected chi connectivity index (χ1v) is 7.09. The van der Waals surface area contributed by atoms with Crippen LogP contribution < -0.4 is 5.73 Å². The van der Waals surface area contributed by atoms with Gasteiger partial charge in [0.2, 0.25) is 0 Å². The predicted molar refractivity (Wildman–Crippen MR) is 76.6 cm³/mol. The zero-order valence-electron chi connectivity index (χ0n) is 11.1. The summed E-state index contributed by atoms with van der Waals surface area (Å²) >= 11 is 0. The Labute approximate surface area is 113 Å². The van der Waals surface area contributed by atoms with E-state index in [0.717, 1.165) is 11.3 Å². The van der Waals surface area contributed by atoms with Gasteiger partial charge in [-0.15, -0.1) is 0 Å². The van der Waals surface area contributed by atoms with Gasteiger partial charge in [-0.3, -0.25) is 0 Å². The number of imidazole rings is 1. The minimum absolute atomic E-state index is 0.555. The number of nitrogen functional groups attached to an aromatic ring is 1. The standard InChI is InChI=1S/C15H20N4/c16-15-13(8-5-9-18-15)14-10-17-11-19(14)12-6-3-1-2-4-7-12/h5,8-12H,1-4,6-7H2,(H2,16,18). The summed E-state index contributed by atoms with van der Waals surface area (Å²) < 4.78 is 2.29. The molecule has 0 aromatic carbocycles. The molecule has 0 atom stereocenters. The lowest BCUT2D eigenvalue weighted by molar-refractivity contribution is 0.447. The lowest BCUT2D eigenvalue weighted by atomic mass is 10.1. The maximum absolute atomic E-state index is 5.99. The lowest BCUT2D eigenvalue weighted by Crippen LogP contribution is -2.09. The van der Waals surface area contributed by atoms with Crippen LogP contribution in [-0.2, 0) is 0 Å². The summed E-state index contributed by atoms with van der Waals surface area (Å²) in [5, 5.41) is 0. The molecule has 1 saturated carbocycles. The number of aromatic nitrogens is 3. The molecular formula is C15H20N4. The van der Waals surface area contributed by atoms with Gasteiger partial charge in [0.1, 0.15) is 5.82 Å². The Kier molecular flexibility index (Phi) is 3.49. The first kappa shape index (κ1) is 12.2. The molecule has 3 rings (SSSR count). The molecule has 0 saturated heterocycles. The molecule has 0 aliphatic heterocycles. The van der Waals surface area contributed by atoms with Crippen LogP contribution in [0.3, 0.4) is 0 Å². The van der Waals surface area contributed by atoms with E-state index >= 15 is 0 Å². The SMILES string of the molecule is Nc1ncccc1-c1cncn1C1CCCCCC1. The molecular weight excluding hydrogens is 236 g/mol. The third-order valence-corrected chi connectivity index (χ3v) is 4.00. The van der Waals surface area contributed by atoms with Crippen LogP contribution in [0.4, 0.5) is 5.82 Å². The van der Waals surface area contributed by atoms with E-state index in [1.165, 1.54) is 38.5 Å². The highest BCUT2D eigenvalue weighted by Gasteiger charge is 2.18. The van der Waals surface area contributed by atoms with Gasteiger partial charge in [-0.25, -0.2) is 9.97 Å². The van der Waals surface area contributed by atoms with Crippen LogP contribution in [-0.4, -0.2) is 14.5 Å². The summed E-state index contributed by atoms with van der Waals surface area (Å²) in [6.45, 7) is 0. The van der Waals surface area contributed by atoms with Crippen molar-refractivity contribution in [3.63, 3.8) is 0 Å². The molecule has 1 aliphatic rings. The van der Waals surface area contributed by atoms with E-state index in [1.54, 1.807) is 6.20 Å². The Morgan fingerprint density at radius 2 is 1.95 bits per heavy atom.